The number of carboxylic acid groups (broad SMARTS) is 1. The molecular formula is C17H25NO2. The zero-order chi connectivity index (χ0) is 15.2. The van der Waals surface area contributed by atoms with Gasteiger partial charge in [0, 0.05) is 17.3 Å². The van der Waals surface area contributed by atoms with E-state index in [1.165, 1.54) is 11.3 Å². The number of aromatic carboxylic acids is 1. The van der Waals surface area contributed by atoms with Crippen LogP contribution < -0.4 is 4.90 Å². The molecule has 1 aromatic rings. The predicted molar refractivity (Wildman–Crippen MR) is 82.9 cm³/mol. The Kier molecular flexibility index (Phi) is 3.57. The van der Waals surface area contributed by atoms with E-state index < -0.39 is 5.97 Å². The minimum Gasteiger partial charge on any atom is -0.478 e. The molecule has 1 aliphatic rings. The fraction of sp³-hybridized carbons (Fsp3) is 0.588. The Morgan fingerprint density at radius 2 is 2.00 bits per heavy atom. The van der Waals surface area contributed by atoms with Crippen LogP contribution in [0, 0.1) is 6.92 Å². The Hall–Kier alpha value is -1.51. The fourth-order valence-corrected chi connectivity index (χ4v) is 3.80. The molecule has 0 aromatic heterocycles. The van der Waals surface area contributed by atoms with Gasteiger partial charge < -0.3 is 10.0 Å². The number of hydrogen-bond acceptors (Lipinski definition) is 2. The lowest BCUT2D eigenvalue weighted by atomic mass is 9.78. The molecule has 3 heteroatoms. The number of fused-ring (bicyclic) bond motifs is 1. The van der Waals surface area contributed by atoms with Crippen molar-refractivity contribution in [1.29, 1.82) is 0 Å². The van der Waals surface area contributed by atoms with Crippen molar-refractivity contribution >= 4 is 11.7 Å². The Balaban J connectivity index is 2.67. The second-order valence-electron chi connectivity index (χ2n) is 6.91. The second kappa shape index (κ2) is 4.80. The van der Waals surface area contributed by atoms with E-state index in [4.69, 9.17) is 0 Å². The van der Waals surface area contributed by atoms with Crippen LogP contribution in [0.4, 0.5) is 5.69 Å². The van der Waals surface area contributed by atoms with E-state index >= 15 is 0 Å². The van der Waals surface area contributed by atoms with Crippen molar-refractivity contribution in [2.45, 2.75) is 65.5 Å². The summed E-state index contributed by atoms with van der Waals surface area (Å²) in [7, 11) is 0. The summed E-state index contributed by atoms with van der Waals surface area (Å²) in [5.74, 6) is -0.452. The monoisotopic (exact) mass is 275 g/mol. The van der Waals surface area contributed by atoms with Crippen molar-refractivity contribution in [2.75, 3.05) is 4.90 Å². The molecule has 0 saturated carbocycles. The van der Waals surface area contributed by atoms with Gasteiger partial charge in [0.15, 0.2) is 0 Å². The van der Waals surface area contributed by atoms with Crippen LogP contribution in [0.2, 0.25) is 0 Å². The molecule has 0 bridgehead atoms. The van der Waals surface area contributed by atoms with Crippen LogP contribution in [0.1, 0.15) is 68.4 Å². The van der Waals surface area contributed by atoms with Gasteiger partial charge in [0.05, 0.1) is 5.56 Å². The Morgan fingerprint density at radius 3 is 2.50 bits per heavy atom. The van der Waals surface area contributed by atoms with Crippen LogP contribution >= 0.6 is 0 Å². The van der Waals surface area contributed by atoms with Crippen LogP contribution in [0.15, 0.2) is 12.1 Å². The van der Waals surface area contributed by atoms with Crippen LogP contribution in [0.25, 0.3) is 0 Å². The number of carboxylic acids is 1. The lowest BCUT2D eigenvalue weighted by molar-refractivity contribution is 0.0696. The van der Waals surface area contributed by atoms with Gasteiger partial charge in [-0.2, -0.15) is 0 Å². The van der Waals surface area contributed by atoms with Crippen molar-refractivity contribution in [1.82, 2.24) is 0 Å². The number of nitrogens with zero attached hydrogens (tertiary/aromatic N) is 1. The second-order valence-corrected chi connectivity index (χ2v) is 6.91. The molecule has 0 aliphatic carbocycles. The van der Waals surface area contributed by atoms with Crippen molar-refractivity contribution in [2.24, 2.45) is 0 Å². The van der Waals surface area contributed by atoms with E-state index in [2.05, 4.69) is 45.6 Å². The highest BCUT2D eigenvalue weighted by Crippen LogP contribution is 2.45. The van der Waals surface area contributed by atoms with Gasteiger partial charge in [-0.1, -0.05) is 6.92 Å². The van der Waals surface area contributed by atoms with E-state index in [-0.39, 0.29) is 5.54 Å². The smallest absolute Gasteiger partial charge is 0.335 e. The summed E-state index contributed by atoms with van der Waals surface area (Å²) in [4.78, 5) is 13.8. The maximum absolute atomic E-state index is 11.3. The predicted octanol–water partition coefficient (Wildman–Crippen LogP) is 4.19. The maximum Gasteiger partial charge on any atom is 0.335 e. The van der Waals surface area contributed by atoms with Crippen LogP contribution in [0.5, 0.6) is 0 Å². The number of aryl methyl sites for hydroxylation is 1. The fourth-order valence-electron chi connectivity index (χ4n) is 3.80. The molecule has 0 saturated heterocycles. The van der Waals surface area contributed by atoms with Gasteiger partial charge in [-0.15, -0.1) is 0 Å². The first-order valence-electron chi connectivity index (χ1n) is 7.32. The third-order valence-electron chi connectivity index (χ3n) is 4.37. The minimum atomic E-state index is -0.835. The molecular weight excluding hydrogens is 250 g/mol. The molecule has 3 nitrogen and oxygen atoms in total. The highest BCUT2D eigenvalue weighted by atomic mass is 16.4. The summed E-state index contributed by atoms with van der Waals surface area (Å²) in [6.07, 6.45) is 1.04. The molecule has 0 fully saturated rings. The van der Waals surface area contributed by atoms with Gasteiger partial charge in [-0.3, -0.25) is 0 Å². The average molecular weight is 275 g/mol. The van der Waals surface area contributed by atoms with Gasteiger partial charge in [0.2, 0.25) is 0 Å². The topological polar surface area (TPSA) is 40.5 Å². The average Bonchev–Trinajstić information content (AvgIpc) is 2.25. The van der Waals surface area contributed by atoms with Crippen molar-refractivity contribution < 1.29 is 9.90 Å². The summed E-state index contributed by atoms with van der Waals surface area (Å²) >= 11 is 0. The molecule has 110 valence electrons. The molecule has 0 spiro atoms. The standard InChI is InChI=1S/C17H25NO2/c1-10(2)18-15-7-11(3)14(16(19)20)8-13(15)12(4)9-17(18,5)6/h7-8,10,12H,9H2,1-6H3,(H,19,20)/t12-/m0/s1. The molecule has 0 amide bonds. The summed E-state index contributed by atoms with van der Waals surface area (Å²) in [6, 6.07) is 4.32. The van der Waals surface area contributed by atoms with Gasteiger partial charge >= 0.3 is 5.97 Å². The molecule has 1 atom stereocenters. The van der Waals surface area contributed by atoms with Crippen molar-refractivity contribution in [3.63, 3.8) is 0 Å². The van der Waals surface area contributed by atoms with Gasteiger partial charge in [-0.25, -0.2) is 4.79 Å². The van der Waals surface area contributed by atoms with Crippen LogP contribution in [0.3, 0.4) is 0 Å². The molecule has 1 N–H and O–H groups in total. The molecule has 0 unspecified atom stereocenters. The van der Waals surface area contributed by atoms with Gasteiger partial charge in [-0.05, 0) is 70.2 Å². The lowest BCUT2D eigenvalue weighted by Crippen LogP contribution is -2.51. The largest absolute Gasteiger partial charge is 0.478 e. The number of carbonyl (C=O) groups is 1. The first kappa shape index (κ1) is 14.9. The lowest BCUT2D eigenvalue weighted by Gasteiger charge is -2.50. The Bertz CT molecular complexity index is 546. The summed E-state index contributed by atoms with van der Waals surface area (Å²) in [5, 5.41) is 9.32. The Morgan fingerprint density at radius 1 is 1.40 bits per heavy atom. The quantitative estimate of drug-likeness (QED) is 0.879. The third-order valence-corrected chi connectivity index (χ3v) is 4.37. The number of anilines is 1. The van der Waals surface area contributed by atoms with E-state index in [1.807, 2.05) is 13.0 Å². The van der Waals surface area contributed by atoms with Crippen molar-refractivity contribution in [3.05, 3.63) is 28.8 Å². The molecule has 1 heterocycles. The first-order chi connectivity index (χ1) is 9.15. The molecule has 20 heavy (non-hydrogen) atoms. The van der Waals surface area contributed by atoms with E-state index in [9.17, 15) is 9.90 Å². The highest BCUT2D eigenvalue weighted by Gasteiger charge is 2.38. The number of benzene rings is 1. The maximum atomic E-state index is 11.3. The third kappa shape index (κ3) is 2.30. The highest BCUT2D eigenvalue weighted by molar-refractivity contribution is 5.90. The van der Waals surface area contributed by atoms with Crippen LogP contribution in [-0.4, -0.2) is 22.7 Å². The van der Waals surface area contributed by atoms with E-state index in [0.717, 1.165) is 12.0 Å². The van der Waals surface area contributed by atoms with Gasteiger partial charge in [0.1, 0.15) is 0 Å². The normalized spacial score (nSPS) is 20.9. The van der Waals surface area contributed by atoms with Crippen molar-refractivity contribution in [3.8, 4) is 0 Å². The SMILES string of the molecule is Cc1cc2c(cc1C(=O)O)[C@@H](C)CC(C)(C)N2C(C)C. The minimum absolute atomic E-state index is 0.0950. The van der Waals surface area contributed by atoms with Crippen LogP contribution in [-0.2, 0) is 0 Å². The summed E-state index contributed by atoms with van der Waals surface area (Å²) in [5.41, 5.74) is 3.73. The molecule has 0 radical (unpaired) electrons. The zero-order valence-electron chi connectivity index (χ0n) is 13.3. The summed E-state index contributed by atoms with van der Waals surface area (Å²) < 4.78 is 0. The number of hydrogen-bond donors (Lipinski definition) is 1. The summed E-state index contributed by atoms with van der Waals surface area (Å²) in [6.45, 7) is 13.0. The molecule has 2 rings (SSSR count). The van der Waals surface area contributed by atoms with Gasteiger partial charge in [0.25, 0.3) is 0 Å². The molecule has 1 aliphatic heterocycles. The first-order valence-corrected chi connectivity index (χ1v) is 7.32. The number of rotatable bonds is 2. The zero-order valence-corrected chi connectivity index (χ0v) is 13.3. The molecule has 1 aromatic carbocycles. The Labute approximate surface area is 121 Å². The van der Waals surface area contributed by atoms with E-state index in [1.54, 1.807) is 0 Å². The van der Waals surface area contributed by atoms with E-state index in [0.29, 0.717) is 17.5 Å².